The molecule has 17 heavy (non-hydrogen) atoms. The van der Waals surface area contributed by atoms with Crippen molar-refractivity contribution in [1.29, 1.82) is 0 Å². The van der Waals surface area contributed by atoms with Crippen molar-refractivity contribution < 1.29 is 14.8 Å². The maximum Gasteiger partial charge on any atom is 0.175 e. The Kier molecular flexibility index (Phi) is 4.29. The van der Waals surface area contributed by atoms with Crippen LogP contribution in [0.3, 0.4) is 0 Å². The van der Waals surface area contributed by atoms with E-state index in [2.05, 4.69) is 33.4 Å². The number of nitrogens with two attached hydrogens (primary N) is 1. The molecule has 0 heterocycles. The summed E-state index contributed by atoms with van der Waals surface area (Å²) < 4.78 is 11.9. The first-order valence-electron chi connectivity index (χ1n) is 6.07. The summed E-state index contributed by atoms with van der Waals surface area (Å²) >= 11 is 3.54. The molecule has 1 aromatic rings. The van der Waals surface area contributed by atoms with E-state index < -0.39 is 0 Å². The van der Waals surface area contributed by atoms with Gasteiger partial charge in [0.2, 0.25) is 0 Å². The molecule has 0 amide bonds. The lowest BCUT2D eigenvalue weighted by Crippen LogP contribution is -2.84. The number of hydrogen-bond acceptors (Lipinski definition) is 2. The SMILES string of the molecule is CCOc1c(Br)cc(C[NH2+]C2CC2)cc1OC. The molecule has 0 spiro atoms. The zero-order chi connectivity index (χ0) is 12.3. The van der Waals surface area contributed by atoms with Crippen LogP contribution in [0, 0.1) is 0 Å². The molecule has 0 saturated heterocycles. The van der Waals surface area contributed by atoms with Gasteiger partial charge in [-0.2, -0.15) is 0 Å². The van der Waals surface area contributed by atoms with Gasteiger partial charge in [-0.25, -0.2) is 0 Å². The Morgan fingerprint density at radius 3 is 2.76 bits per heavy atom. The number of halogens is 1. The van der Waals surface area contributed by atoms with Crippen molar-refractivity contribution in [2.24, 2.45) is 0 Å². The molecule has 0 aromatic heterocycles. The molecule has 4 heteroatoms. The smallest absolute Gasteiger partial charge is 0.175 e. The molecule has 1 aliphatic rings. The zero-order valence-electron chi connectivity index (χ0n) is 10.3. The van der Waals surface area contributed by atoms with Crippen LogP contribution in [0.25, 0.3) is 0 Å². The Morgan fingerprint density at radius 1 is 1.41 bits per heavy atom. The van der Waals surface area contributed by atoms with Gasteiger partial charge < -0.3 is 14.8 Å². The van der Waals surface area contributed by atoms with Crippen molar-refractivity contribution in [3.05, 3.63) is 22.2 Å². The highest BCUT2D eigenvalue weighted by molar-refractivity contribution is 9.10. The van der Waals surface area contributed by atoms with Crippen molar-refractivity contribution in [1.82, 2.24) is 0 Å². The molecule has 2 rings (SSSR count). The molecule has 1 saturated carbocycles. The first-order valence-corrected chi connectivity index (χ1v) is 6.86. The van der Waals surface area contributed by atoms with Crippen LogP contribution < -0.4 is 14.8 Å². The van der Waals surface area contributed by atoms with Crippen LogP contribution >= 0.6 is 15.9 Å². The van der Waals surface area contributed by atoms with Crippen LogP contribution in [0.5, 0.6) is 11.5 Å². The third-order valence-electron chi connectivity index (χ3n) is 2.89. The molecule has 2 N–H and O–H groups in total. The summed E-state index contributed by atoms with van der Waals surface area (Å²) in [4.78, 5) is 0. The van der Waals surface area contributed by atoms with Gasteiger partial charge in [0.1, 0.15) is 6.54 Å². The van der Waals surface area contributed by atoms with Crippen LogP contribution in [-0.2, 0) is 6.54 Å². The fraction of sp³-hybridized carbons (Fsp3) is 0.538. The second kappa shape index (κ2) is 5.74. The summed E-state index contributed by atoms with van der Waals surface area (Å²) in [6.45, 7) is 3.62. The highest BCUT2D eigenvalue weighted by Crippen LogP contribution is 2.36. The third kappa shape index (κ3) is 3.36. The van der Waals surface area contributed by atoms with Crippen LogP contribution in [0.2, 0.25) is 0 Å². The summed E-state index contributed by atoms with van der Waals surface area (Å²) in [6, 6.07) is 5.02. The minimum Gasteiger partial charge on any atom is -0.493 e. The second-order valence-corrected chi connectivity index (χ2v) is 5.17. The minimum absolute atomic E-state index is 0.641. The molecule has 0 bridgehead atoms. The molecular weight excluding hydrogens is 282 g/mol. The second-order valence-electron chi connectivity index (χ2n) is 4.32. The van der Waals surface area contributed by atoms with E-state index in [9.17, 15) is 0 Å². The van der Waals surface area contributed by atoms with Crippen molar-refractivity contribution in [3.63, 3.8) is 0 Å². The zero-order valence-corrected chi connectivity index (χ0v) is 11.9. The first-order chi connectivity index (χ1) is 8.24. The number of rotatable bonds is 6. The molecule has 1 aromatic carbocycles. The van der Waals surface area contributed by atoms with Crippen molar-refractivity contribution >= 4 is 15.9 Å². The van der Waals surface area contributed by atoms with Gasteiger partial charge in [0.05, 0.1) is 24.2 Å². The predicted molar refractivity (Wildman–Crippen MR) is 70.5 cm³/mol. The van der Waals surface area contributed by atoms with Crippen molar-refractivity contribution in [2.75, 3.05) is 13.7 Å². The van der Waals surface area contributed by atoms with Gasteiger partial charge >= 0.3 is 0 Å². The van der Waals surface area contributed by atoms with Gasteiger partial charge in [0.25, 0.3) is 0 Å². The maximum atomic E-state index is 5.57. The summed E-state index contributed by atoms with van der Waals surface area (Å²) in [5.74, 6) is 1.60. The first kappa shape index (κ1) is 12.7. The van der Waals surface area contributed by atoms with Crippen LogP contribution in [0.4, 0.5) is 0 Å². The summed E-state index contributed by atoms with van der Waals surface area (Å²) in [5.41, 5.74) is 1.27. The number of quaternary nitrogens is 1. The van der Waals surface area contributed by atoms with E-state index in [4.69, 9.17) is 9.47 Å². The van der Waals surface area contributed by atoms with E-state index in [-0.39, 0.29) is 0 Å². The van der Waals surface area contributed by atoms with Crippen LogP contribution in [-0.4, -0.2) is 19.8 Å². The van der Waals surface area contributed by atoms with Crippen molar-refractivity contribution in [2.45, 2.75) is 32.4 Å². The molecule has 1 aliphatic carbocycles. The Labute approximate surface area is 111 Å². The summed E-state index contributed by atoms with van der Waals surface area (Å²) in [5, 5.41) is 2.39. The Morgan fingerprint density at radius 2 is 2.18 bits per heavy atom. The average molecular weight is 301 g/mol. The standard InChI is InChI=1S/C13H18BrNO2/c1-3-17-13-11(14)6-9(7-12(13)16-2)8-15-10-4-5-10/h6-7,10,15H,3-5,8H2,1-2H3/p+1. The predicted octanol–water partition coefficient (Wildman–Crippen LogP) is 2.08. The van der Waals surface area contributed by atoms with Gasteiger partial charge in [0, 0.05) is 18.4 Å². The van der Waals surface area contributed by atoms with Gasteiger partial charge in [0.15, 0.2) is 11.5 Å². The highest BCUT2D eigenvalue weighted by Gasteiger charge is 2.25. The van der Waals surface area contributed by atoms with Gasteiger partial charge in [-0.1, -0.05) is 0 Å². The summed E-state index contributed by atoms with van der Waals surface area (Å²) in [7, 11) is 1.68. The molecule has 0 aliphatic heterocycles. The van der Waals surface area contributed by atoms with Crippen LogP contribution in [0.1, 0.15) is 25.3 Å². The molecule has 3 nitrogen and oxygen atoms in total. The van der Waals surface area contributed by atoms with Gasteiger partial charge in [-0.15, -0.1) is 0 Å². The Hall–Kier alpha value is -0.740. The fourth-order valence-electron chi connectivity index (χ4n) is 1.81. The van der Waals surface area contributed by atoms with E-state index in [1.54, 1.807) is 7.11 Å². The molecule has 94 valence electrons. The number of hydrogen-bond donors (Lipinski definition) is 1. The van der Waals surface area contributed by atoms with E-state index in [0.29, 0.717) is 6.61 Å². The minimum atomic E-state index is 0.641. The maximum absolute atomic E-state index is 5.57. The van der Waals surface area contributed by atoms with E-state index in [0.717, 1.165) is 28.6 Å². The topological polar surface area (TPSA) is 35.1 Å². The fourth-order valence-corrected chi connectivity index (χ4v) is 2.41. The molecule has 1 fully saturated rings. The van der Waals surface area contributed by atoms with Gasteiger partial charge in [-0.3, -0.25) is 0 Å². The largest absolute Gasteiger partial charge is 0.493 e. The Balaban J connectivity index is 2.13. The number of ether oxygens (including phenoxy) is 2. The van der Waals surface area contributed by atoms with E-state index in [1.165, 1.54) is 18.4 Å². The van der Waals surface area contributed by atoms with Gasteiger partial charge in [-0.05, 0) is 35.0 Å². The van der Waals surface area contributed by atoms with Crippen LogP contribution in [0.15, 0.2) is 16.6 Å². The van der Waals surface area contributed by atoms with E-state index in [1.807, 2.05) is 6.92 Å². The number of benzene rings is 1. The average Bonchev–Trinajstić information content (AvgIpc) is 3.13. The lowest BCUT2D eigenvalue weighted by atomic mass is 10.2. The molecule has 0 unspecified atom stereocenters. The lowest BCUT2D eigenvalue weighted by Gasteiger charge is -2.12. The molecule has 0 atom stereocenters. The summed E-state index contributed by atoms with van der Waals surface area (Å²) in [6.07, 6.45) is 2.71. The number of methoxy groups -OCH3 is 1. The normalized spacial score (nSPS) is 14.8. The third-order valence-corrected chi connectivity index (χ3v) is 3.48. The lowest BCUT2D eigenvalue weighted by molar-refractivity contribution is -0.683. The monoisotopic (exact) mass is 300 g/mol. The Bertz CT molecular complexity index is 391. The molecular formula is C13H19BrNO2+. The van der Waals surface area contributed by atoms with E-state index >= 15 is 0 Å². The highest BCUT2D eigenvalue weighted by atomic mass is 79.9. The quantitative estimate of drug-likeness (QED) is 0.873. The van der Waals surface area contributed by atoms with Crippen molar-refractivity contribution in [3.8, 4) is 11.5 Å². The molecule has 0 radical (unpaired) electrons.